The first kappa shape index (κ1) is 14.3. The minimum absolute atomic E-state index is 0.259. The molecule has 4 heteroatoms. The van der Waals surface area contributed by atoms with Gasteiger partial charge in [0.05, 0.1) is 0 Å². The summed E-state index contributed by atoms with van der Waals surface area (Å²) in [5.41, 5.74) is 1.94. The predicted octanol–water partition coefficient (Wildman–Crippen LogP) is 4.44. The number of hydrogen-bond acceptors (Lipinski definition) is 1. The molecule has 0 aliphatic heterocycles. The SMILES string of the molecule is Cc1cc(C=CC(=O)Nc2cccc(Cl)c2)ccc1F. The summed E-state index contributed by atoms with van der Waals surface area (Å²) < 4.78 is 13.1. The van der Waals surface area contributed by atoms with Gasteiger partial charge >= 0.3 is 0 Å². The molecule has 102 valence electrons. The number of halogens is 2. The van der Waals surface area contributed by atoms with Gasteiger partial charge in [0.1, 0.15) is 5.82 Å². The Balaban J connectivity index is 2.03. The van der Waals surface area contributed by atoms with Crippen LogP contribution in [0.15, 0.2) is 48.5 Å². The molecule has 20 heavy (non-hydrogen) atoms. The van der Waals surface area contributed by atoms with Crippen LogP contribution < -0.4 is 5.32 Å². The quantitative estimate of drug-likeness (QED) is 0.832. The van der Waals surface area contributed by atoms with E-state index < -0.39 is 0 Å². The number of amides is 1. The van der Waals surface area contributed by atoms with E-state index in [0.29, 0.717) is 16.3 Å². The molecule has 0 saturated carbocycles. The summed E-state index contributed by atoms with van der Waals surface area (Å²) in [5, 5.41) is 3.25. The van der Waals surface area contributed by atoms with E-state index in [1.54, 1.807) is 49.4 Å². The van der Waals surface area contributed by atoms with Crippen LogP contribution in [0.3, 0.4) is 0 Å². The van der Waals surface area contributed by atoms with Gasteiger partial charge in [-0.25, -0.2) is 4.39 Å². The van der Waals surface area contributed by atoms with Crippen molar-refractivity contribution in [1.29, 1.82) is 0 Å². The number of anilines is 1. The molecule has 0 spiro atoms. The number of rotatable bonds is 3. The minimum atomic E-state index is -0.269. The number of benzene rings is 2. The molecule has 0 aliphatic carbocycles. The normalized spacial score (nSPS) is 10.8. The third-order valence-corrected chi connectivity index (χ3v) is 2.94. The number of carbonyl (C=O) groups excluding carboxylic acids is 1. The van der Waals surface area contributed by atoms with Crippen LogP contribution in [0.2, 0.25) is 5.02 Å². The topological polar surface area (TPSA) is 29.1 Å². The molecule has 0 saturated heterocycles. The van der Waals surface area contributed by atoms with Crippen LogP contribution in [-0.4, -0.2) is 5.91 Å². The van der Waals surface area contributed by atoms with Gasteiger partial charge in [-0.1, -0.05) is 23.7 Å². The second-order valence-electron chi connectivity index (χ2n) is 4.34. The van der Waals surface area contributed by atoms with Crippen LogP contribution in [0.5, 0.6) is 0 Å². The fraction of sp³-hybridized carbons (Fsp3) is 0.0625. The third kappa shape index (κ3) is 3.93. The van der Waals surface area contributed by atoms with Crippen molar-refractivity contribution >= 4 is 29.3 Å². The molecule has 2 rings (SSSR count). The van der Waals surface area contributed by atoms with E-state index in [2.05, 4.69) is 5.32 Å². The van der Waals surface area contributed by atoms with Crippen LogP contribution >= 0.6 is 11.6 Å². The molecule has 0 unspecified atom stereocenters. The van der Waals surface area contributed by atoms with E-state index in [1.807, 2.05) is 0 Å². The standard InChI is InChI=1S/C16H13ClFNO/c1-11-9-12(5-7-15(11)18)6-8-16(20)19-14-4-2-3-13(17)10-14/h2-10H,1H3,(H,19,20). The lowest BCUT2D eigenvalue weighted by molar-refractivity contribution is -0.111. The summed E-state index contributed by atoms with van der Waals surface area (Å²) in [7, 11) is 0. The molecule has 0 aliphatic rings. The molecule has 0 radical (unpaired) electrons. The first-order chi connectivity index (χ1) is 9.54. The van der Waals surface area contributed by atoms with Gasteiger partial charge in [0.15, 0.2) is 0 Å². The smallest absolute Gasteiger partial charge is 0.248 e. The lowest BCUT2D eigenvalue weighted by atomic mass is 10.1. The van der Waals surface area contributed by atoms with Gasteiger partial charge < -0.3 is 5.32 Å². The molecule has 0 fully saturated rings. The molecule has 0 atom stereocenters. The fourth-order valence-electron chi connectivity index (χ4n) is 1.69. The molecular formula is C16H13ClFNO. The van der Waals surface area contributed by atoms with E-state index in [0.717, 1.165) is 5.56 Å². The van der Waals surface area contributed by atoms with Crippen molar-refractivity contribution in [2.24, 2.45) is 0 Å². The Morgan fingerprint density at radius 3 is 2.75 bits per heavy atom. The molecule has 2 aromatic carbocycles. The van der Waals surface area contributed by atoms with Crippen LogP contribution in [0, 0.1) is 12.7 Å². The number of carbonyl (C=O) groups is 1. The average molecular weight is 290 g/mol. The van der Waals surface area contributed by atoms with Gasteiger partial charge in [-0.05, 0) is 54.5 Å². The zero-order valence-electron chi connectivity index (χ0n) is 10.9. The van der Waals surface area contributed by atoms with Gasteiger partial charge in [-0.2, -0.15) is 0 Å². The van der Waals surface area contributed by atoms with Crippen LogP contribution in [0.25, 0.3) is 6.08 Å². The van der Waals surface area contributed by atoms with Gasteiger partial charge in [0.2, 0.25) is 5.91 Å². The van der Waals surface area contributed by atoms with Crippen molar-refractivity contribution in [2.45, 2.75) is 6.92 Å². The Kier molecular flexibility index (Phi) is 4.53. The Bertz CT molecular complexity index is 667. The average Bonchev–Trinajstić information content (AvgIpc) is 2.40. The van der Waals surface area contributed by atoms with Crippen molar-refractivity contribution < 1.29 is 9.18 Å². The van der Waals surface area contributed by atoms with Crippen LogP contribution in [0.4, 0.5) is 10.1 Å². The van der Waals surface area contributed by atoms with Crippen molar-refractivity contribution in [3.8, 4) is 0 Å². The van der Waals surface area contributed by atoms with Crippen molar-refractivity contribution in [2.75, 3.05) is 5.32 Å². The molecular weight excluding hydrogens is 277 g/mol. The predicted molar refractivity (Wildman–Crippen MR) is 80.3 cm³/mol. The fourth-order valence-corrected chi connectivity index (χ4v) is 1.88. The first-order valence-corrected chi connectivity index (χ1v) is 6.43. The molecule has 2 aromatic rings. The Morgan fingerprint density at radius 2 is 2.05 bits per heavy atom. The summed E-state index contributed by atoms with van der Waals surface area (Å²) in [6, 6.07) is 11.6. The molecule has 0 bridgehead atoms. The van der Waals surface area contributed by atoms with Gasteiger partial charge in [0.25, 0.3) is 0 Å². The molecule has 1 N–H and O–H groups in total. The number of nitrogens with one attached hydrogen (secondary N) is 1. The Hall–Kier alpha value is -2.13. The highest BCUT2D eigenvalue weighted by Crippen LogP contribution is 2.15. The van der Waals surface area contributed by atoms with Crippen LogP contribution in [-0.2, 0) is 4.79 Å². The van der Waals surface area contributed by atoms with E-state index >= 15 is 0 Å². The lowest BCUT2D eigenvalue weighted by Crippen LogP contribution is -2.07. The summed E-state index contributed by atoms with van der Waals surface area (Å²) in [6.45, 7) is 1.68. The van der Waals surface area contributed by atoms with Gasteiger partial charge in [-0.15, -0.1) is 0 Å². The molecule has 0 heterocycles. The first-order valence-electron chi connectivity index (χ1n) is 6.05. The highest BCUT2D eigenvalue weighted by atomic mass is 35.5. The monoisotopic (exact) mass is 289 g/mol. The number of hydrogen-bond donors (Lipinski definition) is 1. The van der Waals surface area contributed by atoms with Crippen molar-refractivity contribution in [3.63, 3.8) is 0 Å². The largest absolute Gasteiger partial charge is 0.322 e. The molecule has 1 amide bonds. The third-order valence-electron chi connectivity index (χ3n) is 2.70. The number of aryl methyl sites for hydroxylation is 1. The Labute approximate surface area is 121 Å². The second-order valence-corrected chi connectivity index (χ2v) is 4.78. The molecule has 2 nitrogen and oxygen atoms in total. The molecule has 0 aromatic heterocycles. The maximum Gasteiger partial charge on any atom is 0.248 e. The highest BCUT2D eigenvalue weighted by molar-refractivity contribution is 6.30. The summed E-state index contributed by atoms with van der Waals surface area (Å²) in [5.74, 6) is -0.528. The Morgan fingerprint density at radius 1 is 1.25 bits per heavy atom. The lowest BCUT2D eigenvalue weighted by Gasteiger charge is -2.02. The van der Waals surface area contributed by atoms with E-state index in [1.165, 1.54) is 12.1 Å². The maximum atomic E-state index is 13.1. The van der Waals surface area contributed by atoms with Gasteiger partial charge in [-0.3, -0.25) is 4.79 Å². The maximum absolute atomic E-state index is 13.1. The van der Waals surface area contributed by atoms with Crippen molar-refractivity contribution in [3.05, 3.63) is 70.5 Å². The van der Waals surface area contributed by atoms with E-state index in [4.69, 9.17) is 11.6 Å². The van der Waals surface area contributed by atoms with Gasteiger partial charge in [0, 0.05) is 16.8 Å². The summed E-state index contributed by atoms with van der Waals surface area (Å²) in [4.78, 5) is 11.7. The zero-order chi connectivity index (χ0) is 14.5. The highest BCUT2D eigenvalue weighted by Gasteiger charge is 2.00. The minimum Gasteiger partial charge on any atom is -0.322 e. The zero-order valence-corrected chi connectivity index (χ0v) is 11.6. The summed E-state index contributed by atoms with van der Waals surface area (Å²) in [6.07, 6.45) is 3.03. The summed E-state index contributed by atoms with van der Waals surface area (Å²) >= 11 is 5.83. The van der Waals surface area contributed by atoms with Crippen LogP contribution in [0.1, 0.15) is 11.1 Å². The van der Waals surface area contributed by atoms with Crippen molar-refractivity contribution in [1.82, 2.24) is 0 Å². The second kappa shape index (κ2) is 6.35. The van der Waals surface area contributed by atoms with E-state index in [-0.39, 0.29) is 11.7 Å². The van der Waals surface area contributed by atoms with E-state index in [9.17, 15) is 9.18 Å².